The largest absolute Gasteiger partial charge is 0.401 e. The molecule has 0 aliphatic carbocycles. The molecule has 1 aliphatic rings. The minimum absolute atomic E-state index is 0.0899. The molecule has 0 bridgehead atoms. The molecule has 19 heavy (non-hydrogen) atoms. The Kier molecular flexibility index (Phi) is 6.56. The van der Waals surface area contributed by atoms with E-state index in [1.54, 1.807) is 7.05 Å². The summed E-state index contributed by atoms with van der Waals surface area (Å²) in [5.74, 6) is 0. The van der Waals surface area contributed by atoms with Gasteiger partial charge in [0.1, 0.15) is 0 Å². The molecule has 1 N–H and O–H groups in total. The van der Waals surface area contributed by atoms with Crippen LogP contribution in [-0.4, -0.2) is 57.5 Å². The van der Waals surface area contributed by atoms with Crippen LogP contribution in [-0.2, 0) is 4.74 Å². The van der Waals surface area contributed by atoms with Crippen molar-refractivity contribution in [3.05, 3.63) is 0 Å². The van der Waals surface area contributed by atoms with Gasteiger partial charge < -0.3 is 10.1 Å². The van der Waals surface area contributed by atoms with Gasteiger partial charge in [-0.1, -0.05) is 6.92 Å². The molecule has 1 saturated heterocycles. The highest BCUT2D eigenvalue weighted by Gasteiger charge is 2.36. The summed E-state index contributed by atoms with van der Waals surface area (Å²) in [4.78, 5) is 1.39. The first-order valence-corrected chi connectivity index (χ1v) is 6.91. The van der Waals surface area contributed by atoms with Gasteiger partial charge in [0.15, 0.2) is 0 Å². The molecule has 1 aliphatic heterocycles. The minimum Gasteiger partial charge on any atom is -0.381 e. The molecule has 0 saturated carbocycles. The Labute approximate surface area is 113 Å². The molecule has 3 nitrogen and oxygen atoms in total. The standard InChI is InChI=1S/C13H25F3N2O/c1-3-6-17-9-12(4-7-19-8-5-12)10-18(2)11-13(14,15)16/h17H,3-11H2,1-2H3. The maximum absolute atomic E-state index is 12.4. The first-order valence-electron chi connectivity index (χ1n) is 6.91. The highest BCUT2D eigenvalue weighted by atomic mass is 19.4. The molecule has 114 valence electrons. The lowest BCUT2D eigenvalue weighted by atomic mass is 9.79. The maximum Gasteiger partial charge on any atom is 0.401 e. The lowest BCUT2D eigenvalue weighted by Gasteiger charge is -2.40. The molecular weight excluding hydrogens is 257 g/mol. The van der Waals surface area contributed by atoms with Crippen LogP contribution in [0.25, 0.3) is 0 Å². The SMILES string of the molecule is CCCNCC1(CN(C)CC(F)(F)F)CCOCC1. The van der Waals surface area contributed by atoms with Crippen LogP contribution in [0.4, 0.5) is 13.2 Å². The summed E-state index contributed by atoms with van der Waals surface area (Å²) in [7, 11) is 1.55. The van der Waals surface area contributed by atoms with Gasteiger partial charge in [-0.3, -0.25) is 4.90 Å². The van der Waals surface area contributed by atoms with Crippen LogP contribution in [0.5, 0.6) is 0 Å². The van der Waals surface area contributed by atoms with Crippen molar-refractivity contribution in [3.8, 4) is 0 Å². The first kappa shape index (κ1) is 16.7. The van der Waals surface area contributed by atoms with Crippen molar-refractivity contribution in [2.24, 2.45) is 5.41 Å². The number of ether oxygens (including phenoxy) is 1. The average Bonchev–Trinajstić information content (AvgIpc) is 2.27. The van der Waals surface area contributed by atoms with Crippen LogP contribution in [0.15, 0.2) is 0 Å². The summed E-state index contributed by atoms with van der Waals surface area (Å²) < 4.78 is 42.6. The third-order valence-corrected chi connectivity index (χ3v) is 3.53. The third kappa shape index (κ3) is 6.58. The van der Waals surface area contributed by atoms with E-state index < -0.39 is 12.7 Å². The Balaban J connectivity index is 2.53. The molecule has 1 heterocycles. The van der Waals surface area contributed by atoms with Crippen LogP contribution in [0.1, 0.15) is 26.2 Å². The quantitative estimate of drug-likeness (QED) is 0.725. The Morgan fingerprint density at radius 1 is 1.26 bits per heavy atom. The van der Waals surface area contributed by atoms with Gasteiger partial charge in [0, 0.05) is 26.3 Å². The number of halogens is 3. The lowest BCUT2D eigenvalue weighted by Crippen LogP contribution is -2.48. The topological polar surface area (TPSA) is 24.5 Å². The second-order valence-corrected chi connectivity index (χ2v) is 5.58. The van der Waals surface area contributed by atoms with Gasteiger partial charge in [-0.15, -0.1) is 0 Å². The smallest absolute Gasteiger partial charge is 0.381 e. The Morgan fingerprint density at radius 3 is 2.42 bits per heavy atom. The summed E-state index contributed by atoms with van der Waals surface area (Å²) in [5, 5.41) is 3.35. The number of nitrogens with zero attached hydrogens (tertiary/aromatic N) is 1. The number of nitrogens with one attached hydrogen (secondary N) is 1. The van der Waals surface area contributed by atoms with Crippen LogP contribution < -0.4 is 5.32 Å². The molecule has 0 amide bonds. The van der Waals surface area contributed by atoms with Crippen molar-refractivity contribution in [2.45, 2.75) is 32.4 Å². The van der Waals surface area contributed by atoms with E-state index in [1.807, 2.05) is 0 Å². The lowest BCUT2D eigenvalue weighted by molar-refractivity contribution is -0.147. The second-order valence-electron chi connectivity index (χ2n) is 5.58. The fraction of sp³-hybridized carbons (Fsp3) is 1.00. The zero-order chi connectivity index (χ0) is 14.4. The van der Waals surface area contributed by atoms with Gasteiger partial charge in [0.25, 0.3) is 0 Å². The van der Waals surface area contributed by atoms with E-state index in [0.29, 0.717) is 19.8 Å². The molecule has 1 fully saturated rings. The van der Waals surface area contributed by atoms with Gasteiger partial charge >= 0.3 is 6.18 Å². The molecule has 0 spiro atoms. The predicted octanol–water partition coefficient (Wildman–Crippen LogP) is 2.28. The Bertz CT molecular complexity index is 253. The van der Waals surface area contributed by atoms with E-state index in [0.717, 1.165) is 32.4 Å². The van der Waals surface area contributed by atoms with Crippen molar-refractivity contribution in [1.82, 2.24) is 10.2 Å². The third-order valence-electron chi connectivity index (χ3n) is 3.53. The fourth-order valence-corrected chi connectivity index (χ4v) is 2.66. The van der Waals surface area contributed by atoms with Gasteiger partial charge in [-0.2, -0.15) is 13.2 Å². The summed E-state index contributed by atoms with van der Waals surface area (Å²) in [6, 6.07) is 0. The van der Waals surface area contributed by atoms with E-state index >= 15 is 0 Å². The number of rotatable bonds is 7. The van der Waals surface area contributed by atoms with Gasteiger partial charge in [-0.25, -0.2) is 0 Å². The molecule has 0 aromatic heterocycles. The predicted molar refractivity (Wildman–Crippen MR) is 69.2 cm³/mol. The summed E-state index contributed by atoms with van der Waals surface area (Å²) in [6.07, 6.45) is -1.44. The Hall–Kier alpha value is -0.330. The van der Waals surface area contributed by atoms with E-state index in [2.05, 4.69) is 12.2 Å². The number of alkyl halides is 3. The number of hydrogen-bond donors (Lipinski definition) is 1. The van der Waals surface area contributed by atoms with Gasteiger partial charge in [0.2, 0.25) is 0 Å². The zero-order valence-electron chi connectivity index (χ0n) is 11.9. The minimum atomic E-state index is -4.13. The highest BCUT2D eigenvalue weighted by molar-refractivity contribution is 4.87. The van der Waals surface area contributed by atoms with Gasteiger partial charge in [-0.05, 0) is 38.3 Å². The normalized spacial score (nSPS) is 19.9. The van der Waals surface area contributed by atoms with E-state index in [4.69, 9.17) is 4.74 Å². The summed E-state index contributed by atoms with van der Waals surface area (Å²) >= 11 is 0. The maximum atomic E-state index is 12.4. The monoisotopic (exact) mass is 282 g/mol. The number of hydrogen-bond acceptors (Lipinski definition) is 3. The first-order chi connectivity index (χ1) is 8.87. The van der Waals surface area contributed by atoms with Crippen LogP contribution in [0.2, 0.25) is 0 Å². The van der Waals surface area contributed by atoms with Crippen molar-refractivity contribution in [1.29, 1.82) is 0 Å². The molecule has 0 radical (unpaired) electrons. The van der Waals surface area contributed by atoms with E-state index in [-0.39, 0.29) is 5.41 Å². The molecule has 0 aromatic rings. The van der Waals surface area contributed by atoms with Crippen LogP contribution in [0, 0.1) is 5.41 Å². The molecule has 0 aromatic carbocycles. The highest BCUT2D eigenvalue weighted by Crippen LogP contribution is 2.31. The van der Waals surface area contributed by atoms with E-state index in [9.17, 15) is 13.2 Å². The second kappa shape index (κ2) is 7.45. The molecule has 0 atom stereocenters. The molecular formula is C13H25F3N2O. The molecule has 6 heteroatoms. The van der Waals surface area contributed by atoms with Crippen LogP contribution in [0.3, 0.4) is 0 Å². The van der Waals surface area contributed by atoms with Crippen LogP contribution >= 0.6 is 0 Å². The molecule has 0 unspecified atom stereocenters. The van der Waals surface area contributed by atoms with Crippen molar-refractivity contribution >= 4 is 0 Å². The zero-order valence-corrected chi connectivity index (χ0v) is 11.9. The Morgan fingerprint density at radius 2 is 1.89 bits per heavy atom. The molecule has 1 rings (SSSR count). The van der Waals surface area contributed by atoms with Gasteiger partial charge in [0.05, 0.1) is 6.54 Å². The van der Waals surface area contributed by atoms with Crippen molar-refractivity contribution < 1.29 is 17.9 Å². The summed E-state index contributed by atoms with van der Waals surface area (Å²) in [6.45, 7) is 4.68. The van der Waals surface area contributed by atoms with Crippen molar-refractivity contribution in [2.75, 3.05) is 46.4 Å². The van der Waals surface area contributed by atoms with Crippen molar-refractivity contribution in [3.63, 3.8) is 0 Å². The van der Waals surface area contributed by atoms with E-state index in [1.165, 1.54) is 4.90 Å². The summed E-state index contributed by atoms with van der Waals surface area (Å²) in [5.41, 5.74) is -0.0899. The fourth-order valence-electron chi connectivity index (χ4n) is 2.66. The average molecular weight is 282 g/mol.